The number of amides is 2. The second-order valence-electron chi connectivity index (χ2n) is 9.97. The number of carbonyl (C=O) groups excluding carboxylic acids is 2. The zero-order chi connectivity index (χ0) is 23.4. The molecule has 1 aromatic heterocycles. The highest BCUT2D eigenvalue weighted by Gasteiger charge is 2.32. The van der Waals surface area contributed by atoms with E-state index in [1.54, 1.807) is 6.20 Å². The summed E-state index contributed by atoms with van der Waals surface area (Å²) in [6.45, 7) is 9.39. The van der Waals surface area contributed by atoms with Crippen LogP contribution in [0.2, 0.25) is 0 Å². The zero-order valence-electron chi connectivity index (χ0n) is 19.8. The molecule has 2 fully saturated rings. The molecule has 8 heteroatoms. The van der Waals surface area contributed by atoms with Crippen LogP contribution in [0.5, 0.6) is 0 Å². The van der Waals surface area contributed by atoms with E-state index in [2.05, 4.69) is 15.2 Å². The standard InChI is InChI=1S/C25H34N4O3S/c1-25(2,3)32-24(31)29-15-10-19(11-16-29)18-8-13-28(14-9-18)21-6-4-20(5-7-21)22(30)27-23-26-12-17-33-23/h4-7,12,17-19H,8-11,13-16H2,1-3H3,(H,26,27,30). The molecule has 3 heterocycles. The molecule has 0 aliphatic carbocycles. The van der Waals surface area contributed by atoms with Crippen molar-refractivity contribution in [3.8, 4) is 0 Å². The molecule has 0 atom stereocenters. The Hall–Kier alpha value is -2.61. The molecule has 4 rings (SSSR count). The number of nitrogens with one attached hydrogen (secondary N) is 1. The van der Waals surface area contributed by atoms with E-state index in [9.17, 15) is 9.59 Å². The number of rotatable bonds is 4. The molecule has 2 aromatic rings. The highest BCUT2D eigenvalue weighted by atomic mass is 32.1. The van der Waals surface area contributed by atoms with Crippen molar-refractivity contribution >= 4 is 34.2 Å². The van der Waals surface area contributed by atoms with Crippen molar-refractivity contribution in [1.82, 2.24) is 9.88 Å². The summed E-state index contributed by atoms with van der Waals surface area (Å²) >= 11 is 1.41. The molecule has 0 unspecified atom stereocenters. The molecule has 1 aromatic carbocycles. The van der Waals surface area contributed by atoms with Crippen LogP contribution in [-0.4, -0.2) is 53.7 Å². The Kier molecular flexibility index (Phi) is 7.22. The van der Waals surface area contributed by atoms with Gasteiger partial charge in [0.1, 0.15) is 5.60 Å². The first-order valence-corrected chi connectivity index (χ1v) is 12.7. The van der Waals surface area contributed by atoms with Crippen LogP contribution in [0.15, 0.2) is 35.8 Å². The van der Waals surface area contributed by atoms with E-state index in [-0.39, 0.29) is 12.0 Å². The SMILES string of the molecule is CC(C)(C)OC(=O)N1CCC(C2CCN(c3ccc(C(=O)Nc4nccs4)cc3)CC2)CC1. The van der Waals surface area contributed by atoms with Crippen molar-refractivity contribution in [2.45, 2.75) is 52.1 Å². The van der Waals surface area contributed by atoms with Gasteiger partial charge in [0.25, 0.3) is 5.91 Å². The summed E-state index contributed by atoms with van der Waals surface area (Å²) in [6.07, 6.45) is 5.96. The van der Waals surface area contributed by atoms with Crippen LogP contribution in [0.25, 0.3) is 0 Å². The second-order valence-corrected chi connectivity index (χ2v) is 10.9. The van der Waals surface area contributed by atoms with Gasteiger partial charge in [0.2, 0.25) is 0 Å². The Labute approximate surface area is 200 Å². The maximum atomic E-state index is 12.4. The predicted molar refractivity (Wildman–Crippen MR) is 132 cm³/mol. The van der Waals surface area contributed by atoms with Crippen molar-refractivity contribution in [1.29, 1.82) is 0 Å². The Morgan fingerprint density at radius 3 is 2.15 bits per heavy atom. The Balaban J connectivity index is 1.23. The molecular formula is C25H34N4O3S. The summed E-state index contributed by atoms with van der Waals surface area (Å²) in [4.78, 5) is 33.0. The fourth-order valence-corrected chi connectivity index (χ4v) is 5.31. The van der Waals surface area contributed by atoms with Crippen molar-refractivity contribution in [3.05, 3.63) is 41.4 Å². The maximum Gasteiger partial charge on any atom is 0.410 e. The Morgan fingerprint density at radius 2 is 1.61 bits per heavy atom. The fourth-order valence-electron chi connectivity index (χ4n) is 4.79. The third kappa shape index (κ3) is 6.25. The monoisotopic (exact) mass is 470 g/mol. The summed E-state index contributed by atoms with van der Waals surface area (Å²) in [5.74, 6) is 1.26. The number of aromatic nitrogens is 1. The third-order valence-corrected chi connectivity index (χ3v) is 7.23. The number of hydrogen-bond acceptors (Lipinski definition) is 6. The molecular weight excluding hydrogens is 436 g/mol. The highest BCUT2D eigenvalue weighted by molar-refractivity contribution is 7.13. The molecule has 33 heavy (non-hydrogen) atoms. The molecule has 2 aliphatic rings. The van der Waals surface area contributed by atoms with Gasteiger partial charge in [-0.25, -0.2) is 9.78 Å². The minimum Gasteiger partial charge on any atom is -0.444 e. The first kappa shape index (κ1) is 23.5. The number of carbonyl (C=O) groups is 2. The number of ether oxygens (including phenoxy) is 1. The molecule has 0 radical (unpaired) electrons. The smallest absolute Gasteiger partial charge is 0.410 e. The van der Waals surface area contributed by atoms with Crippen LogP contribution in [-0.2, 0) is 4.74 Å². The van der Waals surface area contributed by atoms with Gasteiger partial charge in [0.05, 0.1) is 0 Å². The number of anilines is 2. The van der Waals surface area contributed by atoms with Gasteiger partial charge in [-0.2, -0.15) is 0 Å². The van der Waals surface area contributed by atoms with Crippen molar-refractivity contribution in [2.75, 3.05) is 36.4 Å². The molecule has 7 nitrogen and oxygen atoms in total. The Bertz CT molecular complexity index is 924. The van der Waals surface area contributed by atoms with E-state index in [1.165, 1.54) is 29.9 Å². The average Bonchev–Trinajstić information content (AvgIpc) is 3.31. The van der Waals surface area contributed by atoms with Crippen molar-refractivity contribution in [3.63, 3.8) is 0 Å². The van der Waals surface area contributed by atoms with Crippen LogP contribution in [0.3, 0.4) is 0 Å². The zero-order valence-corrected chi connectivity index (χ0v) is 20.6. The van der Waals surface area contributed by atoms with E-state index < -0.39 is 5.60 Å². The molecule has 0 saturated carbocycles. The lowest BCUT2D eigenvalue weighted by Crippen LogP contribution is -2.44. The van der Waals surface area contributed by atoms with Crippen LogP contribution in [0.4, 0.5) is 15.6 Å². The van der Waals surface area contributed by atoms with E-state index in [0.29, 0.717) is 22.5 Å². The van der Waals surface area contributed by atoms with E-state index >= 15 is 0 Å². The summed E-state index contributed by atoms with van der Waals surface area (Å²) < 4.78 is 5.52. The first-order chi connectivity index (χ1) is 15.8. The molecule has 0 bridgehead atoms. The highest BCUT2D eigenvalue weighted by Crippen LogP contribution is 2.34. The second kappa shape index (κ2) is 10.1. The van der Waals surface area contributed by atoms with Gasteiger partial charge in [-0.3, -0.25) is 10.1 Å². The van der Waals surface area contributed by atoms with Gasteiger partial charge in [0, 0.05) is 49.0 Å². The molecule has 2 aliphatic heterocycles. The largest absolute Gasteiger partial charge is 0.444 e. The van der Waals surface area contributed by atoms with Gasteiger partial charge in [-0.15, -0.1) is 11.3 Å². The minimum absolute atomic E-state index is 0.132. The van der Waals surface area contributed by atoms with Crippen LogP contribution < -0.4 is 10.2 Å². The summed E-state index contributed by atoms with van der Waals surface area (Å²) in [5, 5.41) is 5.28. The maximum absolute atomic E-state index is 12.4. The van der Waals surface area contributed by atoms with Crippen LogP contribution in [0, 0.1) is 11.8 Å². The molecule has 0 spiro atoms. The third-order valence-electron chi connectivity index (χ3n) is 6.55. The number of benzene rings is 1. The van der Waals surface area contributed by atoms with E-state index in [4.69, 9.17) is 4.74 Å². The van der Waals surface area contributed by atoms with Gasteiger partial charge >= 0.3 is 6.09 Å². The van der Waals surface area contributed by atoms with Gasteiger partial charge in [-0.05, 0) is 82.6 Å². The molecule has 2 amide bonds. The fraction of sp³-hybridized carbons (Fsp3) is 0.560. The molecule has 178 valence electrons. The van der Waals surface area contributed by atoms with Gasteiger partial charge in [0.15, 0.2) is 5.13 Å². The number of hydrogen-bond donors (Lipinski definition) is 1. The van der Waals surface area contributed by atoms with Crippen molar-refractivity contribution in [2.24, 2.45) is 11.8 Å². The molecule has 2 saturated heterocycles. The van der Waals surface area contributed by atoms with Gasteiger partial charge < -0.3 is 14.5 Å². The normalized spacial score (nSPS) is 18.3. The molecule has 1 N–H and O–H groups in total. The minimum atomic E-state index is -0.440. The number of thiazole rings is 1. The van der Waals surface area contributed by atoms with Crippen LogP contribution >= 0.6 is 11.3 Å². The lowest BCUT2D eigenvalue weighted by atomic mass is 9.79. The van der Waals surface area contributed by atoms with Crippen molar-refractivity contribution < 1.29 is 14.3 Å². The summed E-state index contributed by atoms with van der Waals surface area (Å²) in [6, 6.07) is 7.85. The quantitative estimate of drug-likeness (QED) is 0.660. The number of nitrogens with zero attached hydrogens (tertiary/aromatic N) is 3. The average molecular weight is 471 g/mol. The lowest BCUT2D eigenvalue weighted by Gasteiger charge is -2.41. The predicted octanol–water partition coefficient (Wildman–Crippen LogP) is 5.26. The number of likely N-dealkylation sites (tertiary alicyclic amines) is 1. The Morgan fingerprint density at radius 1 is 1.00 bits per heavy atom. The summed E-state index contributed by atoms with van der Waals surface area (Å²) in [7, 11) is 0. The summed E-state index contributed by atoms with van der Waals surface area (Å²) in [5.41, 5.74) is 1.36. The first-order valence-electron chi connectivity index (χ1n) is 11.8. The van der Waals surface area contributed by atoms with Crippen LogP contribution in [0.1, 0.15) is 56.8 Å². The van der Waals surface area contributed by atoms with E-state index in [0.717, 1.165) is 39.0 Å². The topological polar surface area (TPSA) is 74.8 Å². The van der Waals surface area contributed by atoms with Gasteiger partial charge in [-0.1, -0.05) is 0 Å². The number of piperidine rings is 2. The van der Waals surface area contributed by atoms with E-state index in [1.807, 2.05) is 55.3 Å². The lowest BCUT2D eigenvalue weighted by molar-refractivity contribution is 0.0152.